The minimum atomic E-state index is -0.835. The lowest BCUT2D eigenvalue weighted by atomic mass is 9.92. The first kappa shape index (κ1) is 14.9. The summed E-state index contributed by atoms with van der Waals surface area (Å²) >= 11 is 0. The van der Waals surface area contributed by atoms with Gasteiger partial charge in [0.05, 0.1) is 11.5 Å². The van der Waals surface area contributed by atoms with Crippen LogP contribution in [0.1, 0.15) is 23.2 Å². The average molecular weight is 326 g/mol. The van der Waals surface area contributed by atoms with E-state index in [9.17, 15) is 19.5 Å². The van der Waals surface area contributed by atoms with E-state index in [4.69, 9.17) is 0 Å². The Labute approximate surface area is 138 Å². The van der Waals surface area contributed by atoms with Crippen LogP contribution in [0.3, 0.4) is 0 Å². The van der Waals surface area contributed by atoms with Gasteiger partial charge in [-0.1, -0.05) is 18.2 Å². The number of carbonyl (C=O) groups excluding carboxylic acids is 1. The molecule has 2 aromatic rings. The molecule has 1 amide bonds. The zero-order valence-electron chi connectivity index (χ0n) is 13.1. The standard InChI is InChI=1S/C18H18N2O4/c21-16-7-12(11-3-1-2-4-15(11)19-16)17(22)20-8-13(10-5-6-10)14(9-20)18(23)24/h1-4,7,10,13-14H,5-6,8-9H2,(H,19,21)(H,23,24)/t13-,14+/m1/s1. The third kappa shape index (κ3) is 2.48. The number of carboxylic acids is 1. The van der Waals surface area contributed by atoms with Crippen LogP contribution in [0.15, 0.2) is 35.1 Å². The maximum absolute atomic E-state index is 13.0. The molecule has 1 aromatic heterocycles. The highest BCUT2D eigenvalue weighted by molar-refractivity contribution is 6.06. The van der Waals surface area contributed by atoms with Gasteiger partial charge in [0.1, 0.15) is 0 Å². The summed E-state index contributed by atoms with van der Waals surface area (Å²) in [6.07, 6.45) is 2.09. The number of aliphatic carboxylic acids is 1. The highest BCUT2D eigenvalue weighted by atomic mass is 16.4. The van der Waals surface area contributed by atoms with Crippen LogP contribution in [-0.4, -0.2) is 40.0 Å². The second-order valence-corrected chi connectivity index (χ2v) is 6.75. The van der Waals surface area contributed by atoms with Crippen molar-refractivity contribution >= 4 is 22.8 Å². The predicted octanol–water partition coefficient (Wildman–Crippen LogP) is 1.71. The number of amides is 1. The molecule has 6 heteroatoms. The molecule has 0 radical (unpaired) electrons. The Morgan fingerprint density at radius 2 is 1.92 bits per heavy atom. The molecule has 1 saturated carbocycles. The van der Waals surface area contributed by atoms with Gasteiger partial charge in [0.2, 0.25) is 5.56 Å². The summed E-state index contributed by atoms with van der Waals surface area (Å²) in [5.41, 5.74) is 0.626. The van der Waals surface area contributed by atoms with Crippen molar-refractivity contribution in [3.63, 3.8) is 0 Å². The number of carbonyl (C=O) groups is 2. The van der Waals surface area contributed by atoms with Gasteiger partial charge in [0.15, 0.2) is 0 Å². The number of fused-ring (bicyclic) bond motifs is 1. The fraction of sp³-hybridized carbons (Fsp3) is 0.389. The lowest BCUT2D eigenvalue weighted by molar-refractivity contribution is -0.142. The molecular weight excluding hydrogens is 308 g/mol. The van der Waals surface area contributed by atoms with Gasteiger partial charge < -0.3 is 15.0 Å². The molecule has 1 aromatic carbocycles. The zero-order valence-corrected chi connectivity index (χ0v) is 13.1. The van der Waals surface area contributed by atoms with Gasteiger partial charge in [0.25, 0.3) is 5.91 Å². The molecule has 2 heterocycles. The third-order valence-electron chi connectivity index (χ3n) is 5.18. The number of hydrogen-bond acceptors (Lipinski definition) is 3. The van der Waals surface area contributed by atoms with E-state index in [-0.39, 0.29) is 23.9 Å². The molecule has 4 rings (SSSR count). The molecule has 2 atom stereocenters. The van der Waals surface area contributed by atoms with E-state index in [1.54, 1.807) is 23.1 Å². The van der Waals surface area contributed by atoms with E-state index in [1.807, 2.05) is 6.07 Å². The zero-order chi connectivity index (χ0) is 16.8. The molecule has 0 unspecified atom stereocenters. The van der Waals surface area contributed by atoms with E-state index in [2.05, 4.69) is 4.98 Å². The van der Waals surface area contributed by atoms with Crippen molar-refractivity contribution < 1.29 is 14.7 Å². The molecule has 2 aliphatic rings. The predicted molar refractivity (Wildman–Crippen MR) is 87.8 cm³/mol. The Hall–Kier alpha value is -2.63. The number of aromatic nitrogens is 1. The highest BCUT2D eigenvalue weighted by Gasteiger charge is 2.47. The van der Waals surface area contributed by atoms with Crippen LogP contribution in [0, 0.1) is 17.8 Å². The van der Waals surface area contributed by atoms with E-state index in [0.717, 1.165) is 12.8 Å². The Morgan fingerprint density at radius 1 is 1.17 bits per heavy atom. The fourth-order valence-electron chi connectivity index (χ4n) is 3.81. The van der Waals surface area contributed by atoms with E-state index in [0.29, 0.717) is 28.9 Å². The first-order chi connectivity index (χ1) is 11.5. The lowest BCUT2D eigenvalue weighted by Gasteiger charge is -2.17. The van der Waals surface area contributed by atoms with Gasteiger partial charge in [-0.15, -0.1) is 0 Å². The van der Waals surface area contributed by atoms with Crippen LogP contribution in [-0.2, 0) is 4.79 Å². The van der Waals surface area contributed by atoms with Crippen molar-refractivity contribution in [2.75, 3.05) is 13.1 Å². The molecule has 0 bridgehead atoms. The van der Waals surface area contributed by atoms with Crippen molar-refractivity contribution in [1.82, 2.24) is 9.88 Å². The Bertz CT molecular complexity index is 884. The van der Waals surface area contributed by atoms with E-state index in [1.165, 1.54) is 6.07 Å². The summed E-state index contributed by atoms with van der Waals surface area (Å²) in [4.78, 5) is 40.7. The smallest absolute Gasteiger partial charge is 0.308 e. The van der Waals surface area contributed by atoms with E-state index < -0.39 is 11.9 Å². The highest BCUT2D eigenvalue weighted by Crippen LogP contribution is 2.44. The number of hydrogen-bond donors (Lipinski definition) is 2. The summed E-state index contributed by atoms with van der Waals surface area (Å²) in [6, 6.07) is 8.47. The molecule has 0 spiro atoms. The summed E-state index contributed by atoms with van der Waals surface area (Å²) < 4.78 is 0. The normalized spacial score (nSPS) is 23.6. The molecular formula is C18H18N2O4. The fourth-order valence-corrected chi connectivity index (χ4v) is 3.81. The van der Waals surface area contributed by atoms with E-state index >= 15 is 0 Å². The molecule has 1 aliphatic heterocycles. The van der Waals surface area contributed by atoms with Gasteiger partial charge in [-0.2, -0.15) is 0 Å². The number of benzene rings is 1. The second-order valence-electron chi connectivity index (χ2n) is 6.75. The van der Waals surface area contributed by atoms with Gasteiger partial charge in [0, 0.05) is 30.1 Å². The SMILES string of the molecule is O=C(O)[C@H]1CN(C(=O)c2cc(=O)[nH]c3ccccc23)C[C@@H]1C1CC1. The maximum Gasteiger partial charge on any atom is 0.308 e. The summed E-state index contributed by atoms with van der Waals surface area (Å²) in [6.45, 7) is 0.679. The summed E-state index contributed by atoms with van der Waals surface area (Å²) in [5.74, 6) is -1.15. The van der Waals surface area contributed by atoms with Crippen molar-refractivity contribution in [3.05, 3.63) is 46.2 Å². The minimum Gasteiger partial charge on any atom is -0.481 e. The number of para-hydroxylation sites is 1. The molecule has 24 heavy (non-hydrogen) atoms. The van der Waals surface area contributed by atoms with Crippen LogP contribution in [0.25, 0.3) is 10.9 Å². The Morgan fingerprint density at radius 3 is 2.62 bits per heavy atom. The molecule has 124 valence electrons. The van der Waals surface area contributed by atoms with Gasteiger partial charge >= 0.3 is 5.97 Å². The second kappa shape index (κ2) is 5.47. The quantitative estimate of drug-likeness (QED) is 0.898. The number of carboxylic acid groups (broad SMARTS) is 1. The van der Waals surface area contributed by atoms with Crippen LogP contribution >= 0.6 is 0 Å². The first-order valence-corrected chi connectivity index (χ1v) is 8.19. The third-order valence-corrected chi connectivity index (χ3v) is 5.18. The van der Waals surface area contributed by atoms with Gasteiger partial charge in [-0.25, -0.2) is 0 Å². The molecule has 2 N–H and O–H groups in total. The van der Waals surface area contributed by atoms with Crippen molar-refractivity contribution in [2.45, 2.75) is 12.8 Å². The number of aromatic amines is 1. The number of likely N-dealkylation sites (tertiary alicyclic amines) is 1. The van der Waals surface area contributed by atoms with Crippen LogP contribution in [0.4, 0.5) is 0 Å². The summed E-state index contributed by atoms with van der Waals surface area (Å²) in [7, 11) is 0. The van der Waals surface area contributed by atoms with Crippen LogP contribution in [0.5, 0.6) is 0 Å². The molecule has 1 saturated heterocycles. The average Bonchev–Trinajstić information content (AvgIpc) is 3.31. The van der Waals surface area contributed by atoms with Crippen LogP contribution in [0.2, 0.25) is 0 Å². The molecule has 2 fully saturated rings. The Balaban J connectivity index is 1.69. The monoisotopic (exact) mass is 326 g/mol. The van der Waals surface area contributed by atoms with Crippen LogP contribution < -0.4 is 5.56 Å². The molecule has 6 nitrogen and oxygen atoms in total. The van der Waals surface area contributed by atoms with Crippen molar-refractivity contribution in [1.29, 1.82) is 0 Å². The van der Waals surface area contributed by atoms with Crippen molar-refractivity contribution in [3.8, 4) is 0 Å². The topological polar surface area (TPSA) is 90.5 Å². The number of pyridine rings is 1. The van der Waals surface area contributed by atoms with Gasteiger partial charge in [-0.05, 0) is 30.7 Å². The molecule has 1 aliphatic carbocycles. The number of nitrogens with one attached hydrogen (secondary N) is 1. The van der Waals surface area contributed by atoms with Crippen molar-refractivity contribution in [2.24, 2.45) is 17.8 Å². The Kier molecular flexibility index (Phi) is 3.40. The maximum atomic E-state index is 13.0. The number of nitrogens with zero attached hydrogens (tertiary/aromatic N) is 1. The number of H-pyrrole nitrogens is 1. The largest absolute Gasteiger partial charge is 0.481 e. The number of rotatable bonds is 3. The lowest BCUT2D eigenvalue weighted by Crippen LogP contribution is -2.31. The van der Waals surface area contributed by atoms with Gasteiger partial charge in [-0.3, -0.25) is 14.4 Å². The first-order valence-electron chi connectivity index (χ1n) is 8.19. The summed E-state index contributed by atoms with van der Waals surface area (Å²) in [5, 5.41) is 10.1. The minimum absolute atomic E-state index is 0.0275.